The highest BCUT2D eigenvalue weighted by molar-refractivity contribution is 5.83. The molecule has 3 rings (SSSR count). The van der Waals surface area contributed by atoms with Gasteiger partial charge in [0.15, 0.2) is 0 Å². The third-order valence-corrected chi connectivity index (χ3v) is 4.90. The van der Waals surface area contributed by atoms with Crippen LogP contribution in [0.4, 0.5) is 0 Å². The van der Waals surface area contributed by atoms with Gasteiger partial charge in [-0.05, 0) is 24.8 Å². The van der Waals surface area contributed by atoms with E-state index in [1.165, 1.54) is 5.56 Å². The number of amides is 2. The Balaban J connectivity index is 1.41. The molecule has 1 fully saturated rings. The van der Waals surface area contributed by atoms with Crippen molar-refractivity contribution < 1.29 is 9.59 Å². The number of rotatable bonds is 8. The molecule has 0 saturated carbocycles. The molecule has 0 spiro atoms. The molecule has 142 valence electrons. The van der Waals surface area contributed by atoms with E-state index in [0.717, 1.165) is 18.5 Å². The van der Waals surface area contributed by atoms with Gasteiger partial charge in [0.05, 0.1) is 11.6 Å². The molecule has 2 amide bonds. The van der Waals surface area contributed by atoms with Gasteiger partial charge in [0.1, 0.15) is 0 Å². The fraction of sp³-hybridized carbons (Fsp3) is 0.429. The Morgan fingerprint density at radius 2 is 2.04 bits per heavy atom. The van der Waals surface area contributed by atoms with Gasteiger partial charge in [0.2, 0.25) is 11.8 Å². The first-order valence-electron chi connectivity index (χ1n) is 9.56. The van der Waals surface area contributed by atoms with Crippen molar-refractivity contribution in [3.05, 3.63) is 60.2 Å². The van der Waals surface area contributed by atoms with Crippen molar-refractivity contribution in [3.63, 3.8) is 0 Å². The number of carbonyl (C=O) groups is 2. The maximum Gasteiger partial charge on any atom is 0.224 e. The van der Waals surface area contributed by atoms with Crippen molar-refractivity contribution in [2.24, 2.45) is 5.92 Å². The van der Waals surface area contributed by atoms with Crippen LogP contribution in [0.2, 0.25) is 0 Å². The van der Waals surface area contributed by atoms with Crippen molar-refractivity contribution in [3.8, 4) is 0 Å². The van der Waals surface area contributed by atoms with E-state index in [1.807, 2.05) is 23.1 Å². The van der Waals surface area contributed by atoms with Gasteiger partial charge in [-0.25, -0.2) is 0 Å². The fourth-order valence-corrected chi connectivity index (χ4v) is 3.38. The van der Waals surface area contributed by atoms with Crippen LogP contribution in [-0.4, -0.2) is 46.3 Å². The zero-order chi connectivity index (χ0) is 18.9. The van der Waals surface area contributed by atoms with E-state index in [4.69, 9.17) is 0 Å². The summed E-state index contributed by atoms with van der Waals surface area (Å²) in [5.74, 6) is 0.0624. The second-order valence-corrected chi connectivity index (χ2v) is 6.90. The number of hydrogen-bond acceptors (Lipinski definition) is 4. The predicted octanol–water partition coefficient (Wildman–Crippen LogP) is 2.01. The Morgan fingerprint density at radius 1 is 1.19 bits per heavy atom. The summed E-state index contributed by atoms with van der Waals surface area (Å²) in [7, 11) is 0. The summed E-state index contributed by atoms with van der Waals surface area (Å²) >= 11 is 0. The molecule has 6 nitrogen and oxygen atoms in total. The Morgan fingerprint density at radius 3 is 2.81 bits per heavy atom. The predicted molar refractivity (Wildman–Crippen MR) is 103 cm³/mol. The number of nitrogens with zero attached hydrogens (tertiary/aromatic N) is 3. The van der Waals surface area contributed by atoms with E-state index in [1.54, 1.807) is 18.6 Å². The molecule has 1 aliphatic heterocycles. The van der Waals surface area contributed by atoms with Gasteiger partial charge >= 0.3 is 0 Å². The van der Waals surface area contributed by atoms with E-state index in [9.17, 15) is 9.59 Å². The second kappa shape index (κ2) is 9.80. The molecule has 1 aromatic heterocycles. The van der Waals surface area contributed by atoms with E-state index in [-0.39, 0.29) is 17.7 Å². The maximum atomic E-state index is 12.5. The fourth-order valence-electron chi connectivity index (χ4n) is 3.38. The van der Waals surface area contributed by atoms with Crippen LogP contribution in [0.5, 0.6) is 0 Å². The van der Waals surface area contributed by atoms with Gasteiger partial charge < -0.3 is 10.2 Å². The van der Waals surface area contributed by atoms with Crippen LogP contribution in [0.25, 0.3) is 0 Å². The molecule has 0 bridgehead atoms. The van der Waals surface area contributed by atoms with E-state index < -0.39 is 0 Å². The lowest BCUT2D eigenvalue weighted by atomic mass is 9.96. The first-order chi connectivity index (χ1) is 13.2. The lowest BCUT2D eigenvalue weighted by Crippen LogP contribution is -2.46. The average Bonchev–Trinajstić information content (AvgIpc) is 2.71. The largest absolute Gasteiger partial charge is 0.355 e. The topological polar surface area (TPSA) is 75.2 Å². The number of aromatic nitrogens is 2. The normalized spacial score (nSPS) is 17.0. The zero-order valence-electron chi connectivity index (χ0n) is 15.5. The molecule has 1 aliphatic rings. The average molecular weight is 366 g/mol. The summed E-state index contributed by atoms with van der Waals surface area (Å²) < 4.78 is 0. The summed E-state index contributed by atoms with van der Waals surface area (Å²) in [5.41, 5.74) is 2.14. The molecule has 0 aliphatic carbocycles. The highest BCUT2D eigenvalue weighted by Crippen LogP contribution is 2.18. The number of hydrogen-bond donors (Lipinski definition) is 1. The molecule has 1 atom stereocenters. The summed E-state index contributed by atoms with van der Waals surface area (Å²) in [6.45, 7) is 1.76. The Labute approximate surface area is 160 Å². The van der Waals surface area contributed by atoms with Gasteiger partial charge in [-0.3, -0.25) is 19.6 Å². The zero-order valence-corrected chi connectivity index (χ0v) is 15.5. The standard InChI is InChI=1S/C21H26N4O2/c26-20-9-8-18(21(27)24-11-10-19-15-22-12-13-23-19)16-25(20)14-4-7-17-5-2-1-3-6-17/h1-3,5-6,12-13,15,18H,4,7-11,14,16H2,(H,24,27)/t18-/m1/s1. The van der Waals surface area contributed by atoms with Crippen LogP contribution in [-0.2, 0) is 22.4 Å². The number of aryl methyl sites for hydroxylation is 1. The summed E-state index contributed by atoms with van der Waals surface area (Å²) in [5, 5.41) is 2.97. The minimum absolute atomic E-state index is 0.0273. The van der Waals surface area contributed by atoms with Crippen LogP contribution in [0.15, 0.2) is 48.9 Å². The van der Waals surface area contributed by atoms with Gasteiger partial charge in [-0.2, -0.15) is 0 Å². The summed E-state index contributed by atoms with van der Waals surface area (Å²) in [6, 6.07) is 10.3. The molecule has 1 aromatic carbocycles. The van der Waals surface area contributed by atoms with Crippen LogP contribution in [0.1, 0.15) is 30.5 Å². The smallest absolute Gasteiger partial charge is 0.224 e. The molecule has 2 heterocycles. The first kappa shape index (κ1) is 19.0. The molecule has 2 aromatic rings. The molecule has 1 saturated heterocycles. The second-order valence-electron chi connectivity index (χ2n) is 6.90. The molecule has 0 unspecified atom stereocenters. The number of piperidine rings is 1. The quantitative estimate of drug-likeness (QED) is 0.775. The number of benzene rings is 1. The molecule has 1 N–H and O–H groups in total. The summed E-state index contributed by atoms with van der Waals surface area (Å²) in [4.78, 5) is 34.7. The SMILES string of the molecule is O=C(NCCc1cnccn1)[C@@H]1CCC(=O)N(CCCc2ccccc2)C1. The third-order valence-electron chi connectivity index (χ3n) is 4.90. The minimum atomic E-state index is -0.124. The van der Waals surface area contributed by atoms with Gasteiger partial charge in [-0.15, -0.1) is 0 Å². The van der Waals surface area contributed by atoms with Gasteiger partial charge in [-0.1, -0.05) is 30.3 Å². The Kier molecular flexibility index (Phi) is 6.90. The molecule has 0 radical (unpaired) electrons. The van der Waals surface area contributed by atoms with Crippen molar-refractivity contribution in [2.45, 2.75) is 32.1 Å². The summed E-state index contributed by atoms with van der Waals surface area (Å²) in [6.07, 6.45) is 8.59. The molecule has 6 heteroatoms. The Hall–Kier alpha value is -2.76. The highest BCUT2D eigenvalue weighted by atomic mass is 16.2. The third kappa shape index (κ3) is 5.88. The van der Waals surface area contributed by atoms with E-state index in [0.29, 0.717) is 38.9 Å². The Bertz CT molecular complexity index is 736. The lowest BCUT2D eigenvalue weighted by molar-refractivity contribution is -0.138. The van der Waals surface area contributed by atoms with Crippen molar-refractivity contribution in [1.82, 2.24) is 20.2 Å². The van der Waals surface area contributed by atoms with E-state index in [2.05, 4.69) is 27.4 Å². The highest BCUT2D eigenvalue weighted by Gasteiger charge is 2.29. The van der Waals surface area contributed by atoms with Crippen LogP contribution < -0.4 is 5.32 Å². The monoisotopic (exact) mass is 366 g/mol. The van der Waals surface area contributed by atoms with Crippen LogP contribution in [0.3, 0.4) is 0 Å². The molecular formula is C21H26N4O2. The number of likely N-dealkylation sites (tertiary alicyclic amines) is 1. The van der Waals surface area contributed by atoms with Gasteiger partial charge in [0, 0.05) is 51.1 Å². The van der Waals surface area contributed by atoms with Crippen molar-refractivity contribution >= 4 is 11.8 Å². The van der Waals surface area contributed by atoms with E-state index >= 15 is 0 Å². The lowest BCUT2D eigenvalue weighted by Gasteiger charge is -2.32. The van der Waals surface area contributed by atoms with Crippen molar-refractivity contribution in [2.75, 3.05) is 19.6 Å². The van der Waals surface area contributed by atoms with Gasteiger partial charge in [0.25, 0.3) is 0 Å². The number of nitrogens with one attached hydrogen (secondary N) is 1. The maximum absolute atomic E-state index is 12.5. The molecule has 27 heavy (non-hydrogen) atoms. The number of carbonyl (C=O) groups excluding carboxylic acids is 2. The van der Waals surface area contributed by atoms with Crippen LogP contribution in [0, 0.1) is 5.92 Å². The minimum Gasteiger partial charge on any atom is -0.355 e. The van der Waals surface area contributed by atoms with Crippen LogP contribution >= 0.6 is 0 Å². The first-order valence-corrected chi connectivity index (χ1v) is 9.56. The van der Waals surface area contributed by atoms with Crippen molar-refractivity contribution in [1.29, 1.82) is 0 Å². The molecular weight excluding hydrogens is 340 g/mol.